The van der Waals surface area contributed by atoms with E-state index in [1.165, 1.54) is 18.4 Å². The second kappa shape index (κ2) is 8.40. The van der Waals surface area contributed by atoms with Gasteiger partial charge in [-0.3, -0.25) is 4.79 Å². The van der Waals surface area contributed by atoms with Crippen LogP contribution in [-0.4, -0.2) is 35.6 Å². The van der Waals surface area contributed by atoms with E-state index in [1.807, 2.05) is 13.8 Å². The second-order valence-electron chi connectivity index (χ2n) is 6.27. The van der Waals surface area contributed by atoms with Crippen molar-refractivity contribution in [2.45, 2.75) is 20.8 Å². The number of benzene rings is 1. The number of nitrogens with one attached hydrogen (secondary N) is 1. The number of hydrogen-bond donors (Lipinski definition) is 1. The molecule has 150 valence electrons. The molecule has 7 nitrogen and oxygen atoms in total. The molecule has 0 spiro atoms. The normalized spacial score (nSPS) is 11.5. The van der Waals surface area contributed by atoms with E-state index in [9.17, 15) is 14.4 Å². The Morgan fingerprint density at radius 1 is 1.21 bits per heavy atom. The quantitative estimate of drug-likeness (QED) is 0.509. The fourth-order valence-corrected chi connectivity index (χ4v) is 3.84. The van der Waals surface area contributed by atoms with Gasteiger partial charge in [0.25, 0.3) is 5.56 Å². The number of methoxy groups -OCH3 is 1. The third kappa shape index (κ3) is 4.12. The molecule has 0 radical (unpaired) electrons. The number of aromatic amines is 1. The topological polar surface area (TPSA) is 98.3 Å². The molecule has 0 amide bonds. The van der Waals surface area contributed by atoms with Crippen molar-refractivity contribution in [2.24, 2.45) is 0 Å². The average molecular weight is 412 g/mol. The minimum atomic E-state index is -0.600. The van der Waals surface area contributed by atoms with Crippen LogP contribution in [0.2, 0.25) is 0 Å². The lowest BCUT2D eigenvalue weighted by atomic mass is 10.1. The zero-order valence-electron chi connectivity index (χ0n) is 16.5. The van der Waals surface area contributed by atoms with Crippen molar-refractivity contribution in [3.05, 3.63) is 62.0 Å². The molecule has 0 saturated carbocycles. The maximum atomic E-state index is 12.6. The summed E-state index contributed by atoms with van der Waals surface area (Å²) in [5.41, 5.74) is 1.73. The molecule has 0 atom stereocenters. The van der Waals surface area contributed by atoms with Gasteiger partial charge in [-0.25, -0.2) is 14.6 Å². The van der Waals surface area contributed by atoms with Gasteiger partial charge in [-0.15, -0.1) is 11.3 Å². The Morgan fingerprint density at radius 2 is 1.90 bits per heavy atom. The number of nitrogens with zero attached hydrogens (tertiary/aromatic N) is 1. The van der Waals surface area contributed by atoms with Crippen molar-refractivity contribution < 1.29 is 19.1 Å². The molecule has 0 fully saturated rings. The number of aromatic nitrogens is 2. The van der Waals surface area contributed by atoms with E-state index >= 15 is 0 Å². The molecule has 1 N–H and O–H groups in total. The Morgan fingerprint density at radius 3 is 2.52 bits per heavy atom. The van der Waals surface area contributed by atoms with Crippen LogP contribution in [0.25, 0.3) is 21.9 Å². The van der Waals surface area contributed by atoms with Crippen molar-refractivity contribution >= 4 is 45.1 Å². The highest BCUT2D eigenvalue weighted by molar-refractivity contribution is 7.18. The maximum Gasteiger partial charge on any atom is 0.341 e. The zero-order chi connectivity index (χ0) is 21.1. The van der Waals surface area contributed by atoms with Gasteiger partial charge in [-0.05, 0) is 50.1 Å². The Balaban J connectivity index is 2.12. The highest BCUT2D eigenvalue weighted by Gasteiger charge is 2.19. The molecular weight excluding hydrogens is 392 g/mol. The van der Waals surface area contributed by atoms with E-state index in [0.717, 1.165) is 10.4 Å². The van der Waals surface area contributed by atoms with Crippen LogP contribution >= 0.6 is 11.3 Å². The molecule has 0 aliphatic rings. The van der Waals surface area contributed by atoms with Crippen LogP contribution in [0.5, 0.6) is 0 Å². The summed E-state index contributed by atoms with van der Waals surface area (Å²) in [6.45, 7) is 5.68. The second-order valence-corrected chi connectivity index (χ2v) is 7.47. The van der Waals surface area contributed by atoms with E-state index < -0.39 is 11.9 Å². The van der Waals surface area contributed by atoms with E-state index in [0.29, 0.717) is 21.3 Å². The van der Waals surface area contributed by atoms with E-state index in [-0.39, 0.29) is 23.6 Å². The number of thiophene rings is 1. The predicted molar refractivity (Wildman–Crippen MR) is 112 cm³/mol. The van der Waals surface area contributed by atoms with Crippen molar-refractivity contribution in [2.75, 3.05) is 13.7 Å². The Labute approximate surface area is 171 Å². The fourth-order valence-electron chi connectivity index (χ4n) is 2.82. The minimum Gasteiger partial charge on any atom is -0.465 e. The summed E-state index contributed by atoms with van der Waals surface area (Å²) in [5, 5.41) is 0.530. The molecule has 8 heteroatoms. The predicted octanol–water partition coefficient (Wildman–Crippen LogP) is 3.49. The van der Waals surface area contributed by atoms with Gasteiger partial charge in [0.1, 0.15) is 16.2 Å². The summed E-state index contributed by atoms with van der Waals surface area (Å²) >= 11 is 1.40. The van der Waals surface area contributed by atoms with E-state index in [2.05, 4.69) is 14.7 Å². The number of fused-ring (bicyclic) bond motifs is 1. The summed E-state index contributed by atoms with van der Waals surface area (Å²) in [5.74, 6) is -0.915. The first-order chi connectivity index (χ1) is 13.8. The average Bonchev–Trinajstić information content (AvgIpc) is 3.00. The molecule has 0 aliphatic carbocycles. The van der Waals surface area contributed by atoms with Crippen LogP contribution in [0.1, 0.15) is 39.1 Å². The van der Waals surface area contributed by atoms with E-state index in [4.69, 9.17) is 4.74 Å². The lowest BCUT2D eigenvalue weighted by Crippen LogP contribution is -2.15. The van der Waals surface area contributed by atoms with Gasteiger partial charge in [0, 0.05) is 4.88 Å². The number of H-pyrrole nitrogens is 1. The lowest BCUT2D eigenvalue weighted by molar-refractivity contribution is -0.136. The van der Waals surface area contributed by atoms with Gasteiger partial charge in [-0.1, -0.05) is 12.1 Å². The number of ether oxygens (including phenoxy) is 2. The van der Waals surface area contributed by atoms with Crippen molar-refractivity contribution in [3.63, 3.8) is 0 Å². The molecule has 3 rings (SSSR count). The van der Waals surface area contributed by atoms with Crippen molar-refractivity contribution in [3.8, 4) is 0 Å². The third-order valence-electron chi connectivity index (χ3n) is 4.43. The first-order valence-electron chi connectivity index (χ1n) is 8.93. The molecule has 1 aromatic carbocycles. The van der Waals surface area contributed by atoms with Gasteiger partial charge in [0.2, 0.25) is 0 Å². The van der Waals surface area contributed by atoms with Crippen LogP contribution in [0, 0.1) is 13.8 Å². The molecule has 0 aliphatic heterocycles. The largest absolute Gasteiger partial charge is 0.465 e. The summed E-state index contributed by atoms with van der Waals surface area (Å²) in [7, 11) is 1.31. The summed E-state index contributed by atoms with van der Waals surface area (Å²) in [4.78, 5) is 45.5. The smallest absolute Gasteiger partial charge is 0.341 e. The summed E-state index contributed by atoms with van der Waals surface area (Å²) in [6.07, 6.45) is 1.57. The van der Waals surface area contributed by atoms with Crippen LogP contribution in [0.15, 0.2) is 29.1 Å². The lowest BCUT2D eigenvalue weighted by Gasteiger charge is -2.07. The number of rotatable bonds is 5. The highest BCUT2D eigenvalue weighted by Crippen LogP contribution is 2.27. The van der Waals surface area contributed by atoms with Gasteiger partial charge >= 0.3 is 11.9 Å². The first-order valence-corrected chi connectivity index (χ1v) is 9.75. The van der Waals surface area contributed by atoms with Gasteiger partial charge in [0.05, 0.1) is 24.7 Å². The molecule has 29 heavy (non-hydrogen) atoms. The molecular formula is C21H20N2O5S. The molecule has 3 aromatic rings. The number of hydrogen-bond acceptors (Lipinski definition) is 7. The maximum absolute atomic E-state index is 12.6. The van der Waals surface area contributed by atoms with E-state index in [1.54, 1.807) is 37.3 Å². The molecule has 0 unspecified atom stereocenters. The number of aryl methyl sites for hydroxylation is 2. The van der Waals surface area contributed by atoms with Gasteiger partial charge in [0.15, 0.2) is 0 Å². The monoisotopic (exact) mass is 412 g/mol. The number of carbonyl (C=O) groups is 2. The number of carbonyl (C=O) groups excluding carboxylic acids is 2. The molecule has 0 bridgehead atoms. The van der Waals surface area contributed by atoms with Crippen molar-refractivity contribution in [1.29, 1.82) is 0 Å². The molecule has 2 aromatic heterocycles. The first kappa shape index (κ1) is 20.5. The Bertz CT molecular complexity index is 1170. The zero-order valence-corrected chi connectivity index (χ0v) is 17.3. The summed E-state index contributed by atoms with van der Waals surface area (Å²) in [6, 6.07) is 6.51. The number of esters is 2. The fraction of sp³-hybridized carbons (Fsp3) is 0.238. The highest BCUT2D eigenvalue weighted by atomic mass is 32.1. The Hall–Kier alpha value is -3.26. The third-order valence-corrected chi connectivity index (χ3v) is 5.53. The molecule has 2 heterocycles. The van der Waals surface area contributed by atoms with Gasteiger partial charge in [-0.2, -0.15) is 0 Å². The van der Waals surface area contributed by atoms with Crippen LogP contribution in [-0.2, 0) is 14.3 Å². The SMILES string of the molecule is CCOC(=O)/C(=C\c1ccc(C(=O)OC)cc1)c1nc2sc(C)c(C)c2c(=O)[nH]1. The Kier molecular flexibility index (Phi) is 5.93. The van der Waals surface area contributed by atoms with Crippen molar-refractivity contribution in [1.82, 2.24) is 9.97 Å². The van der Waals surface area contributed by atoms with Gasteiger partial charge < -0.3 is 14.5 Å². The van der Waals surface area contributed by atoms with Crippen LogP contribution < -0.4 is 5.56 Å². The molecule has 0 saturated heterocycles. The van der Waals surface area contributed by atoms with Crippen LogP contribution in [0.3, 0.4) is 0 Å². The standard InChI is InChI=1S/C21H20N2O5S/c1-5-28-21(26)15(10-13-6-8-14(9-7-13)20(25)27-4)17-22-18(24)16-11(2)12(3)29-19(16)23-17/h6-10H,5H2,1-4H3,(H,22,23,24)/b15-10-. The summed E-state index contributed by atoms with van der Waals surface area (Å²) < 4.78 is 9.84. The minimum absolute atomic E-state index is 0.125. The van der Waals surface area contributed by atoms with Crippen LogP contribution in [0.4, 0.5) is 0 Å².